The second-order valence-corrected chi connectivity index (χ2v) is 3.29. The van der Waals surface area contributed by atoms with E-state index in [2.05, 4.69) is 9.73 Å². The molecule has 0 aliphatic rings. The van der Waals surface area contributed by atoms with E-state index in [4.69, 9.17) is 0 Å². The van der Waals surface area contributed by atoms with E-state index in [1.54, 1.807) is 17.0 Å². The van der Waals surface area contributed by atoms with E-state index < -0.39 is 5.97 Å². The Morgan fingerprint density at radius 2 is 2.12 bits per heavy atom. The van der Waals surface area contributed by atoms with E-state index >= 15 is 0 Å². The Morgan fingerprint density at radius 1 is 1.44 bits per heavy atom. The molecule has 0 spiro atoms. The van der Waals surface area contributed by atoms with Gasteiger partial charge >= 0.3 is 5.97 Å². The Hall–Kier alpha value is -2.13. The van der Waals surface area contributed by atoms with Crippen molar-refractivity contribution in [2.45, 2.75) is 0 Å². The van der Waals surface area contributed by atoms with Crippen LogP contribution in [-0.2, 0) is 9.53 Å². The lowest BCUT2D eigenvalue weighted by atomic mass is 10.1. The second kappa shape index (κ2) is 5.09. The number of benzene rings is 1. The third-order valence-corrected chi connectivity index (χ3v) is 2.04. The van der Waals surface area contributed by atoms with Crippen LogP contribution in [0.25, 0.3) is 0 Å². The van der Waals surface area contributed by atoms with E-state index in [0.717, 1.165) is 5.69 Å². The average molecular weight is 220 g/mol. The van der Waals surface area contributed by atoms with Crippen LogP contribution in [-0.4, -0.2) is 33.3 Å². The van der Waals surface area contributed by atoms with Crippen molar-refractivity contribution in [2.75, 3.05) is 26.1 Å². The van der Waals surface area contributed by atoms with Gasteiger partial charge in [-0.3, -0.25) is 0 Å². The van der Waals surface area contributed by atoms with Gasteiger partial charge in [-0.05, 0) is 18.2 Å². The summed E-state index contributed by atoms with van der Waals surface area (Å²) in [6, 6.07) is 4.81. The predicted octanol–water partition coefficient (Wildman–Crippen LogP) is 1.51. The predicted molar refractivity (Wildman–Crippen MR) is 59.9 cm³/mol. The number of hydrogen-bond donors (Lipinski definition) is 0. The molecule has 0 aliphatic carbocycles. The van der Waals surface area contributed by atoms with Crippen molar-refractivity contribution in [1.29, 1.82) is 0 Å². The third-order valence-electron chi connectivity index (χ3n) is 2.04. The number of ether oxygens (including phenoxy) is 1. The van der Waals surface area contributed by atoms with Gasteiger partial charge in [0.15, 0.2) is 0 Å². The zero-order valence-electron chi connectivity index (χ0n) is 9.35. The SMILES string of the molecule is COC(=O)c1ccc(N(C)C)c(N=C=O)c1. The van der Waals surface area contributed by atoms with E-state index in [0.29, 0.717) is 11.3 Å². The molecule has 16 heavy (non-hydrogen) atoms. The Labute approximate surface area is 93.3 Å². The summed E-state index contributed by atoms with van der Waals surface area (Å²) in [7, 11) is 4.93. The van der Waals surface area contributed by atoms with Gasteiger partial charge in [-0.15, -0.1) is 0 Å². The lowest BCUT2D eigenvalue weighted by Crippen LogP contribution is -2.09. The molecular formula is C11H12N2O3. The average Bonchev–Trinajstić information content (AvgIpc) is 2.28. The van der Waals surface area contributed by atoms with Gasteiger partial charge in [-0.25, -0.2) is 9.59 Å². The highest BCUT2D eigenvalue weighted by Gasteiger charge is 2.10. The monoisotopic (exact) mass is 220 g/mol. The highest BCUT2D eigenvalue weighted by Crippen LogP contribution is 2.28. The summed E-state index contributed by atoms with van der Waals surface area (Å²) in [6.45, 7) is 0. The van der Waals surface area contributed by atoms with E-state index in [1.807, 2.05) is 14.1 Å². The van der Waals surface area contributed by atoms with Crippen molar-refractivity contribution in [3.05, 3.63) is 23.8 Å². The summed E-state index contributed by atoms with van der Waals surface area (Å²) >= 11 is 0. The fourth-order valence-corrected chi connectivity index (χ4v) is 1.29. The molecule has 0 aliphatic heterocycles. The minimum atomic E-state index is -0.465. The molecule has 0 aromatic heterocycles. The minimum absolute atomic E-state index is 0.349. The Kier molecular flexibility index (Phi) is 3.80. The van der Waals surface area contributed by atoms with Gasteiger partial charge in [-0.2, -0.15) is 4.99 Å². The molecule has 1 rings (SSSR count). The number of methoxy groups -OCH3 is 1. The number of aliphatic imine (C=N–C) groups is 1. The molecule has 0 atom stereocenters. The molecule has 0 saturated heterocycles. The number of carbonyl (C=O) groups excluding carboxylic acids is 2. The molecule has 0 radical (unpaired) electrons. The highest BCUT2D eigenvalue weighted by molar-refractivity contribution is 5.92. The maximum absolute atomic E-state index is 11.3. The fraction of sp³-hybridized carbons (Fsp3) is 0.273. The van der Waals surface area contributed by atoms with E-state index in [1.165, 1.54) is 19.3 Å². The lowest BCUT2D eigenvalue weighted by Gasteiger charge is -2.14. The third kappa shape index (κ3) is 2.46. The normalized spacial score (nSPS) is 9.19. The van der Waals surface area contributed by atoms with Crippen LogP contribution in [0, 0.1) is 0 Å². The summed E-state index contributed by atoms with van der Waals surface area (Å²) in [5.74, 6) is -0.465. The lowest BCUT2D eigenvalue weighted by molar-refractivity contribution is 0.0601. The Morgan fingerprint density at radius 3 is 2.62 bits per heavy atom. The molecule has 0 unspecified atom stereocenters. The van der Waals surface area contributed by atoms with E-state index in [-0.39, 0.29) is 0 Å². The van der Waals surface area contributed by atoms with E-state index in [9.17, 15) is 9.59 Å². The quantitative estimate of drug-likeness (QED) is 0.440. The maximum atomic E-state index is 11.3. The molecule has 0 N–H and O–H groups in total. The van der Waals surface area contributed by atoms with Crippen LogP contribution in [0.2, 0.25) is 0 Å². The van der Waals surface area contributed by atoms with Crippen LogP contribution in [0.1, 0.15) is 10.4 Å². The molecule has 84 valence electrons. The molecule has 0 fully saturated rings. The zero-order chi connectivity index (χ0) is 12.1. The van der Waals surface area contributed by atoms with Crippen LogP contribution in [0.5, 0.6) is 0 Å². The molecule has 0 saturated carbocycles. The standard InChI is InChI=1S/C11H12N2O3/c1-13(2)10-5-4-8(11(15)16-3)6-9(10)12-7-14/h4-6H,1-3H3. The largest absolute Gasteiger partial charge is 0.465 e. The molecule has 0 heterocycles. The zero-order valence-corrected chi connectivity index (χ0v) is 9.35. The summed E-state index contributed by atoms with van der Waals surface area (Å²) in [5.41, 5.74) is 1.47. The molecular weight excluding hydrogens is 208 g/mol. The first-order chi connectivity index (χ1) is 7.60. The number of rotatable bonds is 3. The van der Waals surface area contributed by atoms with Crippen molar-refractivity contribution in [3.8, 4) is 0 Å². The van der Waals surface area contributed by atoms with Gasteiger partial charge in [0.2, 0.25) is 6.08 Å². The van der Waals surface area contributed by atoms with Crippen LogP contribution < -0.4 is 4.90 Å². The van der Waals surface area contributed by atoms with Gasteiger partial charge in [0.05, 0.1) is 18.4 Å². The first kappa shape index (κ1) is 11.9. The Balaban J connectivity index is 3.27. The number of esters is 1. The maximum Gasteiger partial charge on any atom is 0.337 e. The molecule has 5 nitrogen and oxygen atoms in total. The molecule has 5 heteroatoms. The first-order valence-electron chi connectivity index (χ1n) is 4.57. The molecule has 1 aromatic rings. The van der Waals surface area contributed by atoms with Crippen LogP contribution in [0.4, 0.5) is 11.4 Å². The van der Waals surface area contributed by atoms with Crippen LogP contribution >= 0.6 is 0 Å². The number of anilines is 1. The first-order valence-corrected chi connectivity index (χ1v) is 4.57. The molecule has 0 bridgehead atoms. The van der Waals surface area contributed by atoms with Crippen molar-refractivity contribution >= 4 is 23.4 Å². The van der Waals surface area contributed by atoms with Gasteiger partial charge in [-0.1, -0.05) is 0 Å². The minimum Gasteiger partial charge on any atom is -0.465 e. The van der Waals surface area contributed by atoms with Crippen LogP contribution in [0.3, 0.4) is 0 Å². The summed E-state index contributed by atoms with van der Waals surface area (Å²) in [4.78, 5) is 26.9. The molecule has 0 amide bonds. The van der Waals surface area contributed by atoms with Crippen LogP contribution in [0.15, 0.2) is 23.2 Å². The number of carbonyl (C=O) groups is 1. The number of isocyanates is 1. The highest BCUT2D eigenvalue weighted by atomic mass is 16.5. The number of hydrogen-bond acceptors (Lipinski definition) is 5. The number of nitrogens with zero attached hydrogens (tertiary/aromatic N) is 2. The smallest absolute Gasteiger partial charge is 0.337 e. The molecule has 1 aromatic carbocycles. The Bertz CT molecular complexity index is 449. The van der Waals surface area contributed by atoms with Crippen molar-refractivity contribution < 1.29 is 14.3 Å². The van der Waals surface area contributed by atoms with Gasteiger partial charge in [0.1, 0.15) is 5.69 Å². The second-order valence-electron chi connectivity index (χ2n) is 3.29. The summed E-state index contributed by atoms with van der Waals surface area (Å²) < 4.78 is 4.58. The van der Waals surface area contributed by atoms with Gasteiger partial charge < -0.3 is 9.64 Å². The summed E-state index contributed by atoms with van der Waals surface area (Å²) in [5, 5.41) is 0. The summed E-state index contributed by atoms with van der Waals surface area (Å²) in [6.07, 6.45) is 1.46. The topological polar surface area (TPSA) is 59.0 Å². The van der Waals surface area contributed by atoms with Crippen molar-refractivity contribution in [3.63, 3.8) is 0 Å². The fourth-order valence-electron chi connectivity index (χ4n) is 1.29. The van der Waals surface area contributed by atoms with Gasteiger partial charge in [0.25, 0.3) is 0 Å². The van der Waals surface area contributed by atoms with Crippen molar-refractivity contribution in [1.82, 2.24) is 0 Å². The van der Waals surface area contributed by atoms with Crippen molar-refractivity contribution in [2.24, 2.45) is 4.99 Å². The van der Waals surface area contributed by atoms with Gasteiger partial charge in [0, 0.05) is 14.1 Å².